The predicted octanol–water partition coefficient (Wildman–Crippen LogP) is 0.523. The normalized spacial score (nSPS) is 17.4. The lowest BCUT2D eigenvalue weighted by atomic mass is 10.1. The number of nitro groups is 1. The van der Waals surface area contributed by atoms with E-state index in [0.29, 0.717) is 12.8 Å². The quantitative estimate of drug-likeness (QED) is 0.640. The Morgan fingerprint density at radius 2 is 2.00 bits per heavy atom. The molecular formula is C10H15ClN4O4S. The van der Waals surface area contributed by atoms with Crippen LogP contribution < -0.4 is 5.73 Å². The average molecular weight is 323 g/mol. The van der Waals surface area contributed by atoms with Crippen molar-refractivity contribution in [2.45, 2.75) is 23.9 Å². The standard InChI is InChI=1S/C10H14N4O4S.ClH/c11-8-3-6-13(7-4-8)19(17,18)10-9(14(15)16)2-1-5-12-10;/h1-2,5,8H,3-4,6-7,11H2;1H. The molecule has 0 amide bonds. The Bertz CT molecular complexity index is 587. The first-order valence-corrected chi connectivity index (χ1v) is 7.22. The third kappa shape index (κ3) is 3.23. The number of nitrogens with two attached hydrogens (primary N) is 1. The van der Waals surface area contributed by atoms with Gasteiger partial charge in [0.25, 0.3) is 10.0 Å². The molecule has 1 saturated heterocycles. The van der Waals surface area contributed by atoms with Crippen molar-refractivity contribution in [3.05, 3.63) is 28.4 Å². The lowest BCUT2D eigenvalue weighted by Crippen LogP contribution is -2.43. The highest BCUT2D eigenvalue weighted by molar-refractivity contribution is 7.89. The van der Waals surface area contributed by atoms with Crippen molar-refractivity contribution in [2.24, 2.45) is 5.73 Å². The van der Waals surface area contributed by atoms with E-state index in [1.54, 1.807) is 0 Å². The lowest BCUT2D eigenvalue weighted by molar-refractivity contribution is -0.388. The molecule has 1 aromatic heterocycles. The van der Waals surface area contributed by atoms with Gasteiger partial charge < -0.3 is 5.73 Å². The van der Waals surface area contributed by atoms with E-state index in [0.717, 1.165) is 6.07 Å². The van der Waals surface area contributed by atoms with E-state index >= 15 is 0 Å². The molecule has 2 heterocycles. The molecule has 0 aliphatic carbocycles. The van der Waals surface area contributed by atoms with E-state index < -0.39 is 25.7 Å². The molecule has 0 radical (unpaired) electrons. The van der Waals surface area contributed by atoms with Gasteiger partial charge in [-0.3, -0.25) is 10.1 Å². The van der Waals surface area contributed by atoms with Gasteiger partial charge in [-0.25, -0.2) is 13.4 Å². The van der Waals surface area contributed by atoms with Gasteiger partial charge in [-0.05, 0) is 18.9 Å². The fourth-order valence-electron chi connectivity index (χ4n) is 1.96. The van der Waals surface area contributed by atoms with E-state index in [1.165, 1.54) is 16.6 Å². The summed E-state index contributed by atoms with van der Waals surface area (Å²) in [5.74, 6) is 0. The highest BCUT2D eigenvalue weighted by atomic mass is 35.5. The van der Waals surface area contributed by atoms with Crippen LogP contribution in [0.2, 0.25) is 0 Å². The third-order valence-electron chi connectivity index (χ3n) is 3.03. The van der Waals surface area contributed by atoms with Gasteiger partial charge in [-0.1, -0.05) is 0 Å². The van der Waals surface area contributed by atoms with Gasteiger partial charge in [-0.2, -0.15) is 4.31 Å². The molecular weight excluding hydrogens is 308 g/mol. The first-order chi connectivity index (χ1) is 8.93. The second-order valence-electron chi connectivity index (χ2n) is 4.33. The number of rotatable bonds is 3. The Hall–Kier alpha value is -1.29. The molecule has 1 aliphatic rings. The van der Waals surface area contributed by atoms with Crippen LogP contribution in [-0.2, 0) is 10.0 Å². The molecule has 0 saturated carbocycles. The fraction of sp³-hybridized carbons (Fsp3) is 0.500. The van der Waals surface area contributed by atoms with Gasteiger partial charge in [0.15, 0.2) is 0 Å². The zero-order valence-corrected chi connectivity index (χ0v) is 12.1. The second kappa shape index (κ2) is 6.44. The summed E-state index contributed by atoms with van der Waals surface area (Å²) < 4.78 is 25.9. The Morgan fingerprint density at radius 1 is 1.40 bits per heavy atom. The van der Waals surface area contributed by atoms with Crippen molar-refractivity contribution in [3.8, 4) is 0 Å². The van der Waals surface area contributed by atoms with E-state index in [-0.39, 0.29) is 31.5 Å². The first kappa shape index (κ1) is 16.8. The van der Waals surface area contributed by atoms with Gasteiger partial charge in [0.05, 0.1) is 4.92 Å². The van der Waals surface area contributed by atoms with Gasteiger partial charge in [0, 0.05) is 31.4 Å². The van der Waals surface area contributed by atoms with E-state index in [9.17, 15) is 18.5 Å². The molecule has 0 atom stereocenters. The molecule has 0 aromatic carbocycles. The number of nitrogens with zero attached hydrogens (tertiary/aromatic N) is 3. The molecule has 0 unspecified atom stereocenters. The molecule has 1 fully saturated rings. The van der Waals surface area contributed by atoms with Crippen LogP contribution in [0.25, 0.3) is 0 Å². The summed E-state index contributed by atoms with van der Waals surface area (Å²) in [4.78, 5) is 13.8. The molecule has 2 N–H and O–H groups in total. The molecule has 10 heteroatoms. The summed E-state index contributed by atoms with van der Waals surface area (Å²) in [6.07, 6.45) is 2.31. The van der Waals surface area contributed by atoms with Crippen LogP contribution in [-0.4, -0.2) is 41.8 Å². The van der Waals surface area contributed by atoms with Gasteiger partial charge in [0.2, 0.25) is 5.03 Å². The predicted molar refractivity (Wildman–Crippen MR) is 74.1 cm³/mol. The van der Waals surface area contributed by atoms with Gasteiger partial charge in [0.1, 0.15) is 0 Å². The number of hydrogen-bond acceptors (Lipinski definition) is 6. The Balaban J connectivity index is 0.00000200. The largest absolute Gasteiger partial charge is 0.328 e. The molecule has 112 valence electrons. The number of hydrogen-bond donors (Lipinski definition) is 1. The molecule has 0 bridgehead atoms. The fourth-order valence-corrected chi connectivity index (χ4v) is 3.50. The minimum absolute atomic E-state index is 0. The van der Waals surface area contributed by atoms with E-state index in [2.05, 4.69) is 4.98 Å². The maximum Gasteiger partial charge on any atom is 0.308 e. The molecule has 1 aromatic rings. The maximum atomic E-state index is 12.3. The summed E-state index contributed by atoms with van der Waals surface area (Å²) in [6, 6.07) is 2.45. The number of pyridine rings is 1. The van der Waals surface area contributed by atoms with Crippen LogP contribution >= 0.6 is 12.4 Å². The molecule has 2 rings (SSSR count). The Kier molecular flexibility index (Phi) is 5.40. The van der Waals surface area contributed by atoms with Crippen molar-refractivity contribution in [2.75, 3.05) is 13.1 Å². The average Bonchev–Trinajstić information content (AvgIpc) is 2.39. The van der Waals surface area contributed by atoms with Crippen LogP contribution in [0.5, 0.6) is 0 Å². The highest BCUT2D eigenvalue weighted by Crippen LogP contribution is 2.25. The van der Waals surface area contributed by atoms with Crippen LogP contribution in [0.1, 0.15) is 12.8 Å². The third-order valence-corrected chi connectivity index (χ3v) is 4.88. The van der Waals surface area contributed by atoms with Crippen LogP contribution in [0, 0.1) is 10.1 Å². The molecule has 0 spiro atoms. The molecule has 1 aliphatic heterocycles. The van der Waals surface area contributed by atoms with Crippen molar-refractivity contribution < 1.29 is 13.3 Å². The zero-order valence-electron chi connectivity index (χ0n) is 10.5. The lowest BCUT2D eigenvalue weighted by Gasteiger charge is -2.28. The van der Waals surface area contributed by atoms with Crippen LogP contribution in [0.15, 0.2) is 23.4 Å². The SMILES string of the molecule is Cl.NC1CCN(S(=O)(=O)c2ncccc2[N+](=O)[O-])CC1. The Morgan fingerprint density at radius 3 is 2.55 bits per heavy atom. The first-order valence-electron chi connectivity index (χ1n) is 5.78. The summed E-state index contributed by atoms with van der Waals surface area (Å²) in [5.41, 5.74) is 5.21. The summed E-state index contributed by atoms with van der Waals surface area (Å²) in [6.45, 7) is 0.522. The molecule has 8 nitrogen and oxygen atoms in total. The summed E-state index contributed by atoms with van der Waals surface area (Å²) in [5, 5.41) is 10.4. The Labute approximate surface area is 122 Å². The minimum atomic E-state index is -3.94. The summed E-state index contributed by atoms with van der Waals surface area (Å²) >= 11 is 0. The topological polar surface area (TPSA) is 119 Å². The van der Waals surface area contributed by atoms with E-state index in [4.69, 9.17) is 5.73 Å². The van der Waals surface area contributed by atoms with Gasteiger partial charge >= 0.3 is 5.69 Å². The van der Waals surface area contributed by atoms with Crippen LogP contribution in [0.3, 0.4) is 0 Å². The number of aromatic nitrogens is 1. The van der Waals surface area contributed by atoms with Crippen molar-refractivity contribution in [1.29, 1.82) is 0 Å². The second-order valence-corrected chi connectivity index (χ2v) is 6.18. The van der Waals surface area contributed by atoms with Crippen molar-refractivity contribution in [1.82, 2.24) is 9.29 Å². The maximum absolute atomic E-state index is 12.3. The number of halogens is 1. The van der Waals surface area contributed by atoms with E-state index in [1.807, 2.05) is 0 Å². The number of sulfonamides is 1. The van der Waals surface area contributed by atoms with Crippen molar-refractivity contribution >= 4 is 28.1 Å². The van der Waals surface area contributed by atoms with Crippen molar-refractivity contribution in [3.63, 3.8) is 0 Å². The zero-order chi connectivity index (χ0) is 14.0. The summed E-state index contributed by atoms with van der Waals surface area (Å²) in [7, 11) is -3.94. The highest BCUT2D eigenvalue weighted by Gasteiger charge is 2.34. The smallest absolute Gasteiger partial charge is 0.308 e. The molecule has 20 heavy (non-hydrogen) atoms. The number of piperidine rings is 1. The minimum Gasteiger partial charge on any atom is -0.328 e. The van der Waals surface area contributed by atoms with Crippen LogP contribution in [0.4, 0.5) is 5.69 Å². The van der Waals surface area contributed by atoms with Gasteiger partial charge in [-0.15, -0.1) is 12.4 Å². The monoisotopic (exact) mass is 322 g/mol.